The molecule has 154 valence electrons. The van der Waals surface area contributed by atoms with Crippen LogP contribution in [-0.2, 0) is 4.74 Å². The first-order chi connectivity index (χ1) is 13.7. The van der Waals surface area contributed by atoms with Crippen molar-refractivity contribution in [3.05, 3.63) is 40.9 Å². The van der Waals surface area contributed by atoms with Crippen molar-refractivity contribution in [2.24, 2.45) is 0 Å². The van der Waals surface area contributed by atoms with E-state index in [9.17, 15) is 18.0 Å². The lowest BCUT2D eigenvalue weighted by molar-refractivity contribution is -0.153. The lowest BCUT2D eigenvalue weighted by Gasteiger charge is -2.14. The topological polar surface area (TPSA) is 87.8 Å². The molecule has 29 heavy (non-hydrogen) atoms. The molecule has 0 atom stereocenters. The molecule has 3 aromatic rings. The third kappa shape index (κ3) is 4.86. The van der Waals surface area contributed by atoms with Gasteiger partial charge in [-0.1, -0.05) is 11.6 Å². The quantitative estimate of drug-likeness (QED) is 0.546. The molecule has 3 rings (SSSR count). The molecule has 0 saturated carbocycles. The summed E-state index contributed by atoms with van der Waals surface area (Å²) in [6.45, 7) is 1.92. The summed E-state index contributed by atoms with van der Waals surface area (Å²) >= 11 is 5.79. The van der Waals surface area contributed by atoms with Crippen LogP contribution in [0.3, 0.4) is 0 Å². The van der Waals surface area contributed by atoms with E-state index in [4.69, 9.17) is 25.8 Å². The summed E-state index contributed by atoms with van der Waals surface area (Å²) in [6, 6.07) is 4.19. The molecule has 3 heterocycles. The summed E-state index contributed by atoms with van der Waals surface area (Å²) < 4.78 is 54.0. The molecule has 12 heteroatoms. The predicted molar refractivity (Wildman–Crippen MR) is 94.6 cm³/mol. The third-order valence-corrected chi connectivity index (χ3v) is 3.74. The maximum absolute atomic E-state index is 12.5. The number of hydrogen-bond acceptors (Lipinski definition) is 7. The molecule has 8 nitrogen and oxygen atoms in total. The molecule has 0 aliphatic heterocycles. The normalized spacial score (nSPS) is 11.5. The number of esters is 1. The van der Waals surface area contributed by atoms with E-state index in [1.807, 2.05) is 0 Å². The summed E-state index contributed by atoms with van der Waals surface area (Å²) in [5.41, 5.74) is 0.777. The van der Waals surface area contributed by atoms with Crippen molar-refractivity contribution in [1.82, 2.24) is 19.6 Å². The number of hydrogen-bond donors (Lipinski definition) is 0. The summed E-state index contributed by atoms with van der Waals surface area (Å²) in [5.74, 6) is -1.09. The molecule has 0 aliphatic rings. The van der Waals surface area contributed by atoms with Gasteiger partial charge in [0.1, 0.15) is 0 Å². The highest BCUT2D eigenvalue weighted by atomic mass is 35.5. The van der Waals surface area contributed by atoms with Gasteiger partial charge in [-0.15, -0.1) is 5.10 Å². The van der Waals surface area contributed by atoms with Crippen LogP contribution in [0.2, 0.25) is 5.02 Å². The number of carbonyl (C=O) groups excluding carboxylic acids is 1. The number of nitrogens with zero attached hydrogens (tertiary/aromatic N) is 4. The molecule has 0 bridgehead atoms. The van der Waals surface area contributed by atoms with E-state index >= 15 is 0 Å². The Hall–Kier alpha value is -3.08. The SMILES string of the molecule is CCOC(=O)c1nc2ccc(Oc3ncc(Cl)cc3OCC(F)(F)F)c(C)n2n1. The molecule has 0 radical (unpaired) electrons. The number of aromatic nitrogens is 4. The van der Waals surface area contributed by atoms with Gasteiger partial charge in [0.15, 0.2) is 23.8 Å². The maximum atomic E-state index is 12.5. The third-order valence-electron chi connectivity index (χ3n) is 3.53. The van der Waals surface area contributed by atoms with Gasteiger partial charge in [-0.2, -0.15) is 13.2 Å². The number of pyridine rings is 2. The van der Waals surface area contributed by atoms with Gasteiger partial charge in [0.05, 0.1) is 17.3 Å². The Balaban J connectivity index is 1.92. The number of fused-ring (bicyclic) bond motifs is 1. The van der Waals surface area contributed by atoms with Crippen molar-refractivity contribution in [2.75, 3.05) is 13.2 Å². The smallest absolute Gasteiger partial charge is 0.422 e. The zero-order chi connectivity index (χ0) is 21.2. The van der Waals surface area contributed by atoms with Crippen molar-refractivity contribution in [2.45, 2.75) is 20.0 Å². The van der Waals surface area contributed by atoms with Crippen LogP contribution in [0.5, 0.6) is 17.4 Å². The van der Waals surface area contributed by atoms with Crippen molar-refractivity contribution >= 4 is 23.2 Å². The Kier molecular flexibility index (Phi) is 5.78. The number of alkyl halides is 3. The Morgan fingerprint density at radius 1 is 1.28 bits per heavy atom. The maximum Gasteiger partial charge on any atom is 0.422 e. The number of aryl methyl sites for hydroxylation is 1. The monoisotopic (exact) mass is 430 g/mol. The molecule has 0 amide bonds. The number of ether oxygens (including phenoxy) is 3. The molecule has 0 aliphatic carbocycles. The van der Waals surface area contributed by atoms with Gasteiger partial charge in [0.25, 0.3) is 11.7 Å². The van der Waals surface area contributed by atoms with Gasteiger partial charge < -0.3 is 14.2 Å². The summed E-state index contributed by atoms with van der Waals surface area (Å²) in [4.78, 5) is 19.8. The minimum absolute atomic E-state index is 0.0806. The first-order valence-electron chi connectivity index (χ1n) is 8.24. The van der Waals surface area contributed by atoms with E-state index in [0.29, 0.717) is 11.3 Å². The highest BCUT2D eigenvalue weighted by molar-refractivity contribution is 6.30. The molecule has 0 unspecified atom stereocenters. The zero-order valence-corrected chi connectivity index (χ0v) is 15.9. The van der Waals surface area contributed by atoms with E-state index in [2.05, 4.69) is 15.1 Å². The molecule has 0 saturated heterocycles. The van der Waals surface area contributed by atoms with Crippen molar-refractivity contribution in [1.29, 1.82) is 0 Å². The second-order valence-corrected chi connectivity index (χ2v) is 6.11. The number of rotatable bonds is 6. The van der Waals surface area contributed by atoms with E-state index in [1.54, 1.807) is 13.8 Å². The van der Waals surface area contributed by atoms with Crippen LogP contribution in [0.4, 0.5) is 13.2 Å². The van der Waals surface area contributed by atoms with Crippen LogP contribution in [0.1, 0.15) is 23.2 Å². The standard InChI is InChI=1S/C17H14ClF3N4O4/c1-3-27-16(26)14-23-13-5-4-11(9(2)25(13)24-14)29-15-12(6-10(18)7-22-15)28-8-17(19,20)21/h4-7H,3,8H2,1-2H3. The molecule has 0 N–H and O–H groups in total. The zero-order valence-electron chi connectivity index (χ0n) is 15.2. The number of halogens is 4. The lowest BCUT2D eigenvalue weighted by atomic mass is 10.3. The fourth-order valence-corrected chi connectivity index (χ4v) is 2.44. The average molecular weight is 431 g/mol. The van der Waals surface area contributed by atoms with Gasteiger partial charge >= 0.3 is 12.1 Å². The van der Waals surface area contributed by atoms with Crippen LogP contribution >= 0.6 is 11.6 Å². The molecule has 0 spiro atoms. The molecular formula is C17H14ClF3N4O4. The largest absolute Gasteiger partial charge is 0.478 e. The Morgan fingerprint density at radius 2 is 2.03 bits per heavy atom. The van der Waals surface area contributed by atoms with Crippen molar-refractivity contribution in [3.63, 3.8) is 0 Å². The van der Waals surface area contributed by atoms with E-state index < -0.39 is 18.8 Å². The Bertz CT molecular complexity index is 1060. The summed E-state index contributed by atoms with van der Waals surface area (Å²) in [6.07, 6.45) is -3.34. The van der Waals surface area contributed by atoms with Gasteiger partial charge in [-0.3, -0.25) is 0 Å². The highest BCUT2D eigenvalue weighted by Gasteiger charge is 2.29. The molecular weight excluding hydrogens is 417 g/mol. The molecule has 0 aromatic carbocycles. The lowest BCUT2D eigenvalue weighted by Crippen LogP contribution is -2.19. The van der Waals surface area contributed by atoms with E-state index in [0.717, 1.165) is 6.07 Å². The van der Waals surface area contributed by atoms with Crippen molar-refractivity contribution < 1.29 is 32.2 Å². The molecule has 0 fully saturated rings. The summed E-state index contributed by atoms with van der Waals surface area (Å²) in [7, 11) is 0. The van der Waals surface area contributed by atoms with Crippen LogP contribution in [-0.4, -0.2) is 44.9 Å². The van der Waals surface area contributed by atoms with Crippen LogP contribution in [0.15, 0.2) is 24.4 Å². The van der Waals surface area contributed by atoms with Gasteiger partial charge in [-0.05, 0) is 26.0 Å². The molecule has 3 aromatic heterocycles. The second-order valence-electron chi connectivity index (χ2n) is 5.67. The van der Waals surface area contributed by atoms with Gasteiger partial charge in [0.2, 0.25) is 0 Å². The van der Waals surface area contributed by atoms with Crippen LogP contribution in [0.25, 0.3) is 5.65 Å². The van der Waals surface area contributed by atoms with Crippen molar-refractivity contribution in [3.8, 4) is 17.4 Å². The van der Waals surface area contributed by atoms with Gasteiger partial charge in [0, 0.05) is 12.3 Å². The number of carbonyl (C=O) groups is 1. The van der Waals surface area contributed by atoms with E-state index in [-0.39, 0.29) is 34.8 Å². The minimum Gasteiger partial charge on any atom is -0.478 e. The first-order valence-corrected chi connectivity index (χ1v) is 8.62. The highest BCUT2D eigenvalue weighted by Crippen LogP contribution is 2.34. The Morgan fingerprint density at radius 3 is 2.72 bits per heavy atom. The van der Waals surface area contributed by atoms with Gasteiger partial charge in [-0.25, -0.2) is 19.3 Å². The first kappa shape index (κ1) is 20.6. The fourth-order valence-electron chi connectivity index (χ4n) is 2.30. The average Bonchev–Trinajstić information content (AvgIpc) is 3.09. The van der Waals surface area contributed by atoms with Crippen LogP contribution < -0.4 is 9.47 Å². The minimum atomic E-state index is -4.54. The predicted octanol–water partition coefficient (Wildman–Crippen LogP) is 4.00. The fraction of sp³-hybridized carbons (Fsp3) is 0.294. The Labute approximate surface area is 167 Å². The van der Waals surface area contributed by atoms with E-state index in [1.165, 1.54) is 22.8 Å². The van der Waals surface area contributed by atoms with Crippen LogP contribution in [0, 0.1) is 6.92 Å². The summed E-state index contributed by atoms with van der Waals surface area (Å²) in [5, 5.41) is 4.15. The second kappa shape index (κ2) is 8.11.